The van der Waals surface area contributed by atoms with Crippen molar-refractivity contribution in [1.29, 1.82) is 0 Å². The fourth-order valence-corrected chi connectivity index (χ4v) is 3.10. The van der Waals surface area contributed by atoms with Crippen LogP contribution in [0.1, 0.15) is 37.5 Å². The van der Waals surface area contributed by atoms with Crippen molar-refractivity contribution in [3.05, 3.63) is 69.3 Å². The molecule has 0 saturated carbocycles. The molecule has 0 unspecified atom stereocenters. The van der Waals surface area contributed by atoms with Gasteiger partial charge in [0, 0.05) is 38.1 Å². The SMILES string of the molecule is COCCCN1C(=O)c2ccc(C(=O)OCC(=O)Nc3cccc([N+](=O)[O-])c3)cc2C1=O. The van der Waals surface area contributed by atoms with Gasteiger partial charge in [-0.05, 0) is 30.7 Å². The first kappa shape index (κ1) is 22.6. The number of non-ortho nitro benzene ring substituents is 1. The van der Waals surface area contributed by atoms with Crippen LogP contribution in [0, 0.1) is 10.1 Å². The summed E-state index contributed by atoms with van der Waals surface area (Å²) in [5.74, 6) is -2.52. The highest BCUT2D eigenvalue weighted by Gasteiger charge is 2.35. The summed E-state index contributed by atoms with van der Waals surface area (Å²) in [6, 6.07) is 9.26. The van der Waals surface area contributed by atoms with Crippen LogP contribution in [0.5, 0.6) is 0 Å². The van der Waals surface area contributed by atoms with E-state index in [2.05, 4.69) is 5.32 Å². The molecule has 3 rings (SSSR count). The molecule has 0 radical (unpaired) electrons. The lowest BCUT2D eigenvalue weighted by Crippen LogP contribution is -2.31. The van der Waals surface area contributed by atoms with E-state index in [1.165, 1.54) is 49.6 Å². The van der Waals surface area contributed by atoms with Crippen LogP contribution in [-0.4, -0.2) is 60.4 Å². The molecule has 1 heterocycles. The molecule has 1 aliphatic rings. The normalized spacial score (nSPS) is 12.5. The molecule has 11 heteroatoms. The Morgan fingerprint density at radius 3 is 2.56 bits per heavy atom. The lowest BCUT2D eigenvalue weighted by Gasteiger charge is -2.12. The Morgan fingerprint density at radius 2 is 1.84 bits per heavy atom. The van der Waals surface area contributed by atoms with Gasteiger partial charge in [0.1, 0.15) is 0 Å². The molecule has 0 saturated heterocycles. The summed E-state index contributed by atoms with van der Waals surface area (Å²) in [4.78, 5) is 60.5. The molecular weight excluding hydrogens is 422 g/mol. The van der Waals surface area contributed by atoms with Crippen LogP contribution < -0.4 is 5.32 Å². The Hall–Kier alpha value is -4.12. The number of amides is 3. The van der Waals surface area contributed by atoms with Crippen LogP contribution in [0.4, 0.5) is 11.4 Å². The number of nitrogens with one attached hydrogen (secondary N) is 1. The summed E-state index contributed by atoms with van der Waals surface area (Å²) >= 11 is 0. The van der Waals surface area contributed by atoms with Gasteiger partial charge in [0.15, 0.2) is 6.61 Å². The minimum atomic E-state index is -0.861. The molecule has 0 aromatic heterocycles. The van der Waals surface area contributed by atoms with Crippen molar-refractivity contribution in [2.75, 3.05) is 32.2 Å². The van der Waals surface area contributed by atoms with Crippen LogP contribution in [-0.2, 0) is 14.3 Å². The number of methoxy groups -OCH3 is 1. The third-order valence-electron chi connectivity index (χ3n) is 4.61. The maximum Gasteiger partial charge on any atom is 0.338 e. The quantitative estimate of drug-likeness (QED) is 0.205. The Kier molecular flexibility index (Phi) is 6.90. The summed E-state index contributed by atoms with van der Waals surface area (Å²) in [7, 11) is 1.52. The second-order valence-corrected chi connectivity index (χ2v) is 6.80. The Labute approximate surface area is 182 Å². The zero-order valence-corrected chi connectivity index (χ0v) is 17.0. The second-order valence-electron chi connectivity index (χ2n) is 6.80. The molecule has 2 aromatic carbocycles. The number of fused-ring (bicyclic) bond motifs is 1. The molecule has 32 heavy (non-hydrogen) atoms. The summed E-state index contributed by atoms with van der Waals surface area (Å²) in [6.07, 6.45) is 0.483. The number of carbonyl (C=O) groups excluding carboxylic acids is 4. The number of nitro benzene ring substituents is 1. The van der Waals surface area contributed by atoms with E-state index in [1.807, 2.05) is 0 Å². The summed E-state index contributed by atoms with van der Waals surface area (Å²) in [5.41, 5.74) is 0.256. The highest BCUT2D eigenvalue weighted by atomic mass is 16.6. The maximum atomic E-state index is 12.5. The van der Waals surface area contributed by atoms with E-state index >= 15 is 0 Å². The molecule has 3 amide bonds. The number of esters is 1. The molecule has 1 aliphatic heterocycles. The van der Waals surface area contributed by atoms with Gasteiger partial charge in [0.2, 0.25) is 0 Å². The van der Waals surface area contributed by atoms with E-state index in [0.29, 0.717) is 13.0 Å². The van der Waals surface area contributed by atoms with E-state index in [9.17, 15) is 29.3 Å². The molecular formula is C21H19N3O8. The van der Waals surface area contributed by atoms with Crippen molar-refractivity contribution in [2.24, 2.45) is 0 Å². The number of rotatable bonds is 9. The van der Waals surface area contributed by atoms with Gasteiger partial charge in [-0.3, -0.25) is 29.4 Å². The third-order valence-corrected chi connectivity index (χ3v) is 4.61. The van der Waals surface area contributed by atoms with Crippen molar-refractivity contribution in [1.82, 2.24) is 4.90 Å². The first-order valence-corrected chi connectivity index (χ1v) is 9.52. The van der Waals surface area contributed by atoms with Gasteiger partial charge in [0.25, 0.3) is 23.4 Å². The van der Waals surface area contributed by atoms with Gasteiger partial charge in [0.05, 0.1) is 21.6 Å². The van der Waals surface area contributed by atoms with Gasteiger partial charge in [-0.1, -0.05) is 6.07 Å². The number of nitrogens with zero attached hydrogens (tertiary/aromatic N) is 2. The van der Waals surface area contributed by atoms with Crippen molar-refractivity contribution in [3.8, 4) is 0 Å². The van der Waals surface area contributed by atoms with E-state index < -0.39 is 35.2 Å². The number of hydrogen-bond donors (Lipinski definition) is 1. The molecule has 1 N–H and O–H groups in total. The number of carbonyl (C=O) groups is 4. The molecule has 2 aromatic rings. The highest BCUT2D eigenvalue weighted by Crippen LogP contribution is 2.24. The van der Waals surface area contributed by atoms with Crippen molar-refractivity contribution in [3.63, 3.8) is 0 Å². The highest BCUT2D eigenvalue weighted by molar-refractivity contribution is 6.22. The predicted octanol–water partition coefficient (Wildman–Crippen LogP) is 2.02. The minimum absolute atomic E-state index is 0.00629. The first-order chi connectivity index (χ1) is 15.3. The van der Waals surface area contributed by atoms with E-state index in [1.54, 1.807) is 0 Å². The molecule has 11 nitrogen and oxygen atoms in total. The van der Waals surface area contributed by atoms with Crippen LogP contribution in [0.2, 0.25) is 0 Å². The minimum Gasteiger partial charge on any atom is -0.452 e. The number of imide groups is 1. The number of nitro groups is 1. The average molecular weight is 441 g/mol. The lowest BCUT2D eigenvalue weighted by molar-refractivity contribution is -0.384. The van der Waals surface area contributed by atoms with Crippen molar-refractivity contribution < 1.29 is 33.6 Å². The van der Waals surface area contributed by atoms with Crippen LogP contribution in [0.3, 0.4) is 0 Å². The van der Waals surface area contributed by atoms with Crippen LogP contribution >= 0.6 is 0 Å². The first-order valence-electron chi connectivity index (χ1n) is 9.52. The largest absolute Gasteiger partial charge is 0.452 e. The van der Waals surface area contributed by atoms with Gasteiger partial charge >= 0.3 is 5.97 Å². The molecule has 0 fully saturated rings. The fourth-order valence-electron chi connectivity index (χ4n) is 3.10. The molecule has 0 atom stereocenters. The van der Waals surface area contributed by atoms with E-state index in [4.69, 9.17) is 9.47 Å². The standard InChI is InChI=1S/C21H19N3O8/c1-31-9-3-8-23-19(26)16-7-6-13(10-17(16)20(23)27)21(28)32-12-18(25)22-14-4-2-5-15(11-14)24(29)30/h2,4-7,10-11H,3,8-9,12H2,1H3,(H,22,25). The fraction of sp³-hybridized carbons (Fsp3) is 0.238. The zero-order valence-electron chi connectivity index (χ0n) is 17.0. The third kappa shape index (κ3) is 4.95. The molecule has 0 spiro atoms. The van der Waals surface area contributed by atoms with Gasteiger partial charge < -0.3 is 14.8 Å². The Bertz CT molecular complexity index is 1100. The van der Waals surface area contributed by atoms with E-state index in [-0.39, 0.29) is 34.6 Å². The summed E-state index contributed by atoms with van der Waals surface area (Å²) in [6.45, 7) is -0.0597. The molecule has 0 aliphatic carbocycles. The number of anilines is 1. The zero-order chi connectivity index (χ0) is 23.3. The lowest BCUT2D eigenvalue weighted by atomic mass is 10.1. The average Bonchev–Trinajstić information content (AvgIpc) is 3.02. The van der Waals surface area contributed by atoms with Crippen LogP contribution in [0.15, 0.2) is 42.5 Å². The number of hydrogen-bond acceptors (Lipinski definition) is 8. The van der Waals surface area contributed by atoms with Gasteiger partial charge in [-0.2, -0.15) is 0 Å². The monoisotopic (exact) mass is 441 g/mol. The predicted molar refractivity (Wildman–Crippen MR) is 110 cm³/mol. The smallest absolute Gasteiger partial charge is 0.338 e. The molecule has 166 valence electrons. The van der Waals surface area contributed by atoms with Gasteiger partial charge in [-0.25, -0.2) is 4.79 Å². The topological polar surface area (TPSA) is 145 Å². The number of benzene rings is 2. The second kappa shape index (κ2) is 9.79. The van der Waals surface area contributed by atoms with Crippen LogP contribution in [0.25, 0.3) is 0 Å². The molecule has 0 bridgehead atoms. The summed E-state index contributed by atoms with van der Waals surface area (Å²) < 4.78 is 9.88. The van der Waals surface area contributed by atoms with Gasteiger partial charge in [-0.15, -0.1) is 0 Å². The van der Waals surface area contributed by atoms with Crippen molar-refractivity contribution >= 4 is 35.1 Å². The van der Waals surface area contributed by atoms with E-state index in [0.717, 1.165) is 4.90 Å². The maximum absolute atomic E-state index is 12.5. The summed E-state index contributed by atoms with van der Waals surface area (Å²) in [5, 5.41) is 13.2. The Morgan fingerprint density at radius 1 is 1.09 bits per heavy atom. The van der Waals surface area contributed by atoms with Crippen molar-refractivity contribution in [2.45, 2.75) is 6.42 Å². The number of ether oxygens (including phenoxy) is 2. The Balaban J connectivity index is 1.61.